The zero-order chi connectivity index (χ0) is 13.8. The third-order valence-electron chi connectivity index (χ3n) is 3.52. The number of hydrogen-bond donors (Lipinski definition) is 0. The van der Waals surface area contributed by atoms with E-state index in [4.69, 9.17) is 0 Å². The molecule has 1 saturated heterocycles. The van der Waals surface area contributed by atoms with Crippen LogP contribution in [0.25, 0.3) is 0 Å². The minimum Gasteiger partial charge on any atom is -0.367 e. The first kappa shape index (κ1) is 12.6. The van der Waals surface area contributed by atoms with Crippen molar-refractivity contribution in [1.29, 1.82) is 0 Å². The minimum atomic E-state index is 0.747. The Morgan fingerprint density at radius 2 is 1.55 bits per heavy atom. The number of para-hydroxylation sites is 1. The highest BCUT2D eigenvalue weighted by atomic mass is 16.1. The quantitative estimate of drug-likeness (QED) is 0.792. The molecule has 0 unspecified atom stereocenters. The standard InChI is InChI=1S/C15H16N4O/c20-12-13-4-1-2-5-14(13)18-8-10-19(11-9-18)15-16-6-3-7-17-15/h1-7,12H,8-11H2. The van der Waals surface area contributed by atoms with Gasteiger partial charge in [-0.05, 0) is 18.2 Å². The first-order chi connectivity index (χ1) is 9.88. The lowest BCUT2D eigenvalue weighted by molar-refractivity contribution is 0.112. The normalized spacial score (nSPS) is 15.2. The third kappa shape index (κ3) is 2.47. The number of aldehydes is 1. The van der Waals surface area contributed by atoms with Crippen LogP contribution in [0.5, 0.6) is 0 Å². The number of benzene rings is 1. The van der Waals surface area contributed by atoms with Gasteiger partial charge in [-0.3, -0.25) is 4.79 Å². The molecule has 0 N–H and O–H groups in total. The summed E-state index contributed by atoms with van der Waals surface area (Å²) in [5.74, 6) is 0.774. The van der Waals surface area contributed by atoms with E-state index in [1.54, 1.807) is 12.4 Å². The molecule has 1 aromatic heterocycles. The fourth-order valence-corrected chi connectivity index (χ4v) is 2.48. The molecular formula is C15H16N4O. The monoisotopic (exact) mass is 268 g/mol. The minimum absolute atomic E-state index is 0.747. The second-order valence-corrected chi connectivity index (χ2v) is 4.70. The summed E-state index contributed by atoms with van der Waals surface area (Å²) in [5.41, 5.74) is 1.76. The van der Waals surface area contributed by atoms with Crippen molar-refractivity contribution in [2.24, 2.45) is 0 Å². The van der Waals surface area contributed by atoms with Crippen LogP contribution in [0.3, 0.4) is 0 Å². The Morgan fingerprint density at radius 3 is 2.25 bits per heavy atom. The van der Waals surface area contributed by atoms with Crippen LogP contribution in [0, 0.1) is 0 Å². The first-order valence-electron chi connectivity index (χ1n) is 6.69. The molecule has 0 radical (unpaired) electrons. The van der Waals surface area contributed by atoms with Crippen molar-refractivity contribution in [3.63, 3.8) is 0 Å². The maximum Gasteiger partial charge on any atom is 0.225 e. The fourth-order valence-electron chi connectivity index (χ4n) is 2.48. The van der Waals surface area contributed by atoms with Crippen LogP contribution >= 0.6 is 0 Å². The van der Waals surface area contributed by atoms with Crippen LogP contribution in [-0.4, -0.2) is 42.4 Å². The molecule has 0 saturated carbocycles. The molecule has 2 aromatic rings. The van der Waals surface area contributed by atoms with E-state index in [1.807, 2.05) is 30.3 Å². The molecule has 1 aromatic carbocycles. The third-order valence-corrected chi connectivity index (χ3v) is 3.52. The second-order valence-electron chi connectivity index (χ2n) is 4.70. The molecule has 5 heteroatoms. The predicted octanol–water partition coefficient (Wildman–Crippen LogP) is 1.62. The molecule has 1 aliphatic rings. The molecule has 0 atom stereocenters. The van der Waals surface area contributed by atoms with Gasteiger partial charge in [0.05, 0.1) is 0 Å². The Balaban J connectivity index is 1.71. The summed E-state index contributed by atoms with van der Waals surface area (Å²) < 4.78 is 0. The van der Waals surface area contributed by atoms with Gasteiger partial charge in [-0.25, -0.2) is 9.97 Å². The number of carbonyl (C=O) groups is 1. The number of carbonyl (C=O) groups excluding carboxylic acids is 1. The number of aromatic nitrogens is 2. The van der Waals surface area contributed by atoms with Crippen molar-refractivity contribution in [3.8, 4) is 0 Å². The largest absolute Gasteiger partial charge is 0.367 e. The van der Waals surface area contributed by atoms with E-state index < -0.39 is 0 Å². The number of nitrogens with zero attached hydrogens (tertiary/aromatic N) is 4. The summed E-state index contributed by atoms with van der Waals surface area (Å²) in [6, 6.07) is 9.53. The highest BCUT2D eigenvalue weighted by Gasteiger charge is 2.20. The van der Waals surface area contributed by atoms with Crippen molar-refractivity contribution in [2.45, 2.75) is 0 Å². The van der Waals surface area contributed by atoms with Crippen molar-refractivity contribution in [1.82, 2.24) is 9.97 Å². The Labute approximate surface area is 117 Å². The van der Waals surface area contributed by atoms with Gasteiger partial charge in [-0.15, -0.1) is 0 Å². The van der Waals surface area contributed by atoms with E-state index in [9.17, 15) is 4.79 Å². The van der Waals surface area contributed by atoms with Crippen LogP contribution in [0.1, 0.15) is 10.4 Å². The van der Waals surface area contributed by atoms with Crippen LogP contribution in [0.2, 0.25) is 0 Å². The Bertz CT molecular complexity index is 579. The Morgan fingerprint density at radius 1 is 0.900 bits per heavy atom. The Hall–Kier alpha value is -2.43. The SMILES string of the molecule is O=Cc1ccccc1N1CCN(c2ncccn2)CC1. The molecule has 20 heavy (non-hydrogen) atoms. The summed E-state index contributed by atoms with van der Waals surface area (Å²) in [5, 5.41) is 0. The molecule has 0 aliphatic carbocycles. The number of anilines is 2. The predicted molar refractivity (Wildman–Crippen MR) is 78.3 cm³/mol. The van der Waals surface area contributed by atoms with Gasteiger partial charge >= 0.3 is 0 Å². The summed E-state index contributed by atoms with van der Waals surface area (Å²) in [7, 11) is 0. The van der Waals surface area contributed by atoms with Crippen molar-refractivity contribution < 1.29 is 4.79 Å². The smallest absolute Gasteiger partial charge is 0.225 e. The molecule has 3 rings (SSSR count). The number of piperazine rings is 1. The average Bonchev–Trinajstić information content (AvgIpc) is 2.56. The number of rotatable bonds is 3. The lowest BCUT2D eigenvalue weighted by Gasteiger charge is -2.36. The lowest BCUT2D eigenvalue weighted by Crippen LogP contribution is -2.47. The summed E-state index contributed by atoms with van der Waals surface area (Å²) in [6.07, 6.45) is 4.44. The molecule has 1 fully saturated rings. The van der Waals surface area contributed by atoms with Gasteiger partial charge in [0, 0.05) is 49.8 Å². The lowest BCUT2D eigenvalue weighted by atomic mass is 10.1. The van der Waals surface area contributed by atoms with Crippen molar-refractivity contribution in [2.75, 3.05) is 36.0 Å². The molecule has 0 amide bonds. The van der Waals surface area contributed by atoms with Gasteiger partial charge in [0.15, 0.2) is 6.29 Å². The zero-order valence-corrected chi connectivity index (χ0v) is 11.1. The highest BCUT2D eigenvalue weighted by Crippen LogP contribution is 2.21. The van der Waals surface area contributed by atoms with Crippen LogP contribution < -0.4 is 9.80 Å². The Kier molecular flexibility index (Phi) is 3.58. The zero-order valence-electron chi connectivity index (χ0n) is 11.1. The highest BCUT2D eigenvalue weighted by molar-refractivity contribution is 5.84. The van der Waals surface area contributed by atoms with E-state index in [1.165, 1.54) is 0 Å². The van der Waals surface area contributed by atoms with Gasteiger partial charge in [0.1, 0.15) is 0 Å². The maximum absolute atomic E-state index is 11.1. The fraction of sp³-hybridized carbons (Fsp3) is 0.267. The van der Waals surface area contributed by atoms with E-state index in [2.05, 4.69) is 19.8 Å². The van der Waals surface area contributed by atoms with Crippen molar-refractivity contribution >= 4 is 17.9 Å². The van der Waals surface area contributed by atoms with Crippen LogP contribution in [0.15, 0.2) is 42.7 Å². The number of hydrogen-bond acceptors (Lipinski definition) is 5. The van der Waals surface area contributed by atoms with Gasteiger partial charge in [-0.2, -0.15) is 0 Å². The van der Waals surface area contributed by atoms with E-state index in [0.717, 1.165) is 49.7 Å². The molecular weight excluding hydrogens is 252 g/mol. The van der Waals surface area contributed by atoms with Gasteiger partial charge < -0.3 is 9.80 Å². The van der Waals surface area contributed by atoms with Gasteiger partial charge in [0.2, 0.25) is 5.95 Å². The molecule has 1 aliphatic heterocycles. The maximum atomic E-state index is 11.1. The van der Waals surface area contributed by atoms with E-state index in [0.29, 0.717) is 0 Å². The topological polar surface area (TPSA) is 49.3 Å². The molecule has 0 bridgehead atoms. The van der Waals surface area contributed by atoms with E-state index >= 15 is 0 Å². The van der Waals surface area contributed by atoms with Crippen molar-refractivity contribution in [3.05, 3.63) is 48.3 Å². The van der Waals surface area contributed by atoms with Crippen LogP contribution in [0.4, 0.5) is 11.6 Å². The summed E-state index contributed by atoms with van der Waals surface area (Å²) >= 11 is 0. The molecule has 0 spiro atoms. The van der Waals surface area contributed by atoms with Crippen LogP contribution in [-0.2, 0) is 0 Å². The van der Waals surface area contributed by atoms with E-state index in [-0.39, 0.29) is 0 Å². The van der Waals surface area contributed by atoms with Gasteiger partial charge in [0.25, 0.3) is 0 Å². The summed E-state index contributed by atoms with van der Waals surface area (Å²) in [4.78, 5) is 24.1. The molecule has 5 nitrogen and oxygen atoms in total. The second kappa shape index (κ2) is 5.69. The average molecular weight is 268 g/mol. The molecule has 2 heterocycles. The molecule has 102 valence electrons. The summed E-state index contributed by atoms with van der Waals surface area (Å²) in [6.45, 7) is 3.45. The first-order valence-corrected chi connectivity index (χ1v) is 6.69. The van der Waals surface area contributed by atoms with Gasteiger partial charge in [-0.1, -0.05) is 12.1 Å².